The van der Waals surface area contributed by atoms with Gasteiger partial charge in [0.1, 0.15) is 5.75 Å². The average Bonchev–Trinajstić information content (AvgIpc) is 3.01. The minimum Gasteiger partial charge on any atom is -0.497 e. The lowest BCUT2D eigenvalue weighted by Crippen LogP contribution is -2.50. The van der Waals surface area contributed by atoms with E-state index in [9.17, 15) is 9.59 Å². The van der Waals surface area contributed by atoms with Crippen molar-refractivity contribution in [1.82, 2.24) is 10.2 Å². The molecule has 3 rings (SSSR count). The number of nitrogens with one attached hydrogen (secondary N) is 1. The fraction of sp³-hybridized carbons (Fsp3) is 0.667. The molecule has 0 aromatic heterocycles. The first-order valence-corrected chi connectivity index (χ1v) is 11.4. The largest absolute Gasteiger partial charge is 0.497 e. The zero-order valence-electron chi connectivity index (χ0n) is 18.0. The zero-order chi connectivity index (χ0) is 20.6. The maximum Gasteiger partial charge on any atom is 0.225 e. The molecule has 1 aliphatic heterocycles. The summed E-state index contributed by atoms with van der Waals surface area (Å²) in [7, 11) is 1.65. The van der Waals surface area contributed by atoms with E-state index in [0.29, 0.717) is 19.4 Å². The number of methoxy groups -OCH3 is 1. The highest BCUT2D eigenvalue weighted by Crippen LogP contribution is 2.38. The van der Waals surface area contributed by atoms with Gasteiger partial charge in [0.25, 0.3) is 0 Å². The Morgan fingerprint density at radius 2 is 1.79 bits per heavy atom. The smallest absolute Gasteiger partial charge is 0.225 e. The molecular formula is C24H36N2O3. The number of nitrogens with zero attached hydrogens (tertiary/aromatic N) is 1. The van der Waals surface area contributed by atoms with Gasteiger partial charge in [-0.05, 0) is 43.4 Å². The normalized spacial score (nSPS) is 23.5. The third kappa shape index (κ3) is 5.52. The Kier molecular flexibility index (Phi) is 7.96. The van der Waals surface area contributed by atoms with E-state index in [-0.39, 0.29) is 29.8 Å². The first-order chi connectivity index (χ1) is 14.1. The van der Waals surface area contributed by atoms with Crippen LogP contribution in [0, 0.1) is 5.92 Å². The van der Waals surface area contributed by atoms with Crippen LogP contribution in [-0.2, 0) is 9.59 Å². The molecule has 1 saturated carbocycles. The van der Waals surface area contributed by atoms with Crippen LogP contribution < -0.4 is 10.1 Å². The van der Waals surface area contributed by atoms with Crippen molar-refractivity contribution in [3.05, 3.63) is 29.8 Å². The molecule has 2 fully saturated rings. The molecule has 2 amide bonds. The van der Waals surface area contributed by atoms with Crippen LogP contribution in [0.5, 0.6) is 5.75 Å². The van der Waals surface area contributed by atoms with E-state index >= 15 is 0 Å². The van der Waals surface area contributed by atoms with Crippen LogP contribution in [0.2, 0.25) is 0 Å². The predicted octanol–water partition coefficient (Wildman–Crippen LogP) is 4.61. The number of rotatable bonds is 7. The molecule has 0 spiro atoms. The Morgan fingerprint density at radius 3 is 2.41 bits per heavy atom. The van der Waals surface area contributed by atoms with Crippen molar-refractivity contribution in [3.8, 4) is 5.75 Å². The SMILES string of the molecule is CCCCN1C(=O)CC[C@@H](C(=O)NC2CCCCCC2)[C@H]1c1ccc(OC)cc1. The molecule has 0 radical (unpaired) electrons. The second kappa shape index (κ2) is 10.7. The third-order valence-electron chi connectivity index (χ3n) is 6.45. The molecule has 5 nitrogen and oxygen atoms in total. The number of benzene rings is 1. The summed E-state index contributed by atoms with van der Waals surface area (Å²) < 4.78 is 5.30. The van der Waals surface area contributed by atoms with Crippen LogP contribution in [0.4, 0.5) is 0 Å². The summed E-state index contributed by atoms with van der Waals surface area (Å²) >= 11 is 0. The monoisotopic (exact) mass is 400 g/mol. The second-order valence-corrected chi connectivity index (χ2v) is 8.50. The molecule has 160 valence electrons. The molecule has 0 bridgehead atoms. The van der Waals surface area contributed by atoms with Crippen molar-refractivity contribution in [2.24, 2.45) is 5.92 Å². The lowest BCUT2D eigenvalue weighted by atomic mass is 9.83. The van der Waals surface area contributed by atoms with Crippen LogP contribution in [0.3, 0.4) is 0 Å². The fourth-order valence-corrected chi connectivity index (χ4v) is 4.76. The number of hydrogen-bond acceptors (Lipinski definition) is 3. The molecule has 2 aliphatic rings. The molecule has 1 aromatic rings. The summed E-state index contributed by atoms with van der Waals surface area (Å²) in [5.74, 6) is 0.876. The van der Waals surface area contributed by atoms with Crippen LogP contribution in [-0.4, -0.2) is 36.4 Å². The number of amides is 2. The molecule has 29 heavy (non-hydrogen) atoms. The molecule has 1 saturated heterocycles. The van der Waals surface area contributed by atoms with Crippen molar-refractivity contribution in [2.75, 3.05) is 13.7 Å². The molecule has 0 unspecified atom stereocenters. The zero-order valence-corrected chi connectivity index (χ0v) is 18.0. The van der Waals surface area contributed by atoms with Gasteiger partial charge >= 0.3 is 0 Å². The minimum atomic E-state index is -0.195. The number of ether oxygens (including phenoxy) is 1. The average molecular weight is 401 g/mol. The van der Waals surface area contributed by atoms with Gasteiger partial charge in [0, 0.05) is 19.0 Å². The molecule has 1 heterocycles. The highest BCUT2D eigenvalue weighted by Gasteiger charge is 2.40. The number of likely N-dealkylation sites (tertiary alicyclic amines) is 1. The van der Waals surface area contributed by atoms with Gasteiger partial charge in [0.2, 0.25) is 11.8 Å². The lowest BCUT2D eigenvalue weighted by Gasteiger charge is -2.41. The van der Waals surface area contributed by atoms with Crippen LogP contribution >= 0.6 is 0 Å². The van der Waals surface area contributed by atoms with Crippen LogP contribution in [0.25, 0.3) is 0 Å². The van der Waals surface area contributed by atoms with Gasteiger partial charge in [0.15, 0.2) is 0 Å². The van der Waals surface area contributed by atoms with Gasteiger partial charge in [-0.25, -0.2) is 0 Å². The lowest BCUT2D eigenvalue weighted by molar-refractivity contribution is -0.143. The highest BCUT2D eigenvalue weighted by molar-refractivity contribution is 5.85. The number of carbonyl (C=O) groups is 2. The van der Waals surface area contributed by atoms with E-state index in [1.54, 1.807) is 7.11 Å². The molecule has 2 atom stereocenters. The maximum atomic E-state index is 13.3. The maximum absolute atomic E-state index is 13.3. The highest BCUT2D eigenvalue weighted by atomic mass is 16.5. The van der Waals surface area contributed by atoms with E-state index in [4.69, 9.17) is 4.74 Å². The summed E-state index contributed by atoms with van der Waals surface area (Å²) in [6, 6.07) is 7.95. The summed E-state index contributed by atoms with van der Waals surface area (Å²) in [4.78, 5) is 28.1. The van der Waals surface area contributed by atoms with E-state index in [1.807, 2.05) is 29.2 Å². The summed E-state index contributed by atoms with van der Waals surface area (Å²) in [5, 5.41) is 3.34. The van der Waals surface area contributed by atoms with Gasteiger partial charge in [0.05, 0.1) is 19.1 Å². The fourth-order valence-electron chi connectivity index (χ4n) is 4.76. The van der Waals surface area contributed by atoms with Crippen LogP contribution in [0.1, 0.15) is 82.7 Å². The standard InChI is InChI=1S/C24H36N2O3/c1-3-4-17-26-22(27)16-15-21(23(26)18-11-13-20(29-2)14-12-18)24(28)25-19-9-7-5-6-8-10-19/h11-14,19,21,23H,3-10,15-17H2,1-2H3,(H,25,28)/t21-,23-/m1/s1. The summed E-state index contributed by atoms with van der Waals surface area (Å²) in [6.07, 6.45) is 10.1. The number of hydrogen-bond donors (Lipinski definition) is 1. The van der Waals surface area contributed by atoms with Crippen molar-refractivity contribution >= 4 is 11.8 Å². The molecular weight excluding hydrogens is 364 g/mol. The number of unbranched alkanes of at least 4 members (excludes halogenated alkanes) is 1. The van der Waals surface area contributed by atoms with Crippen molar-refractivity contribution in [1.29, 1.82) is 0 Å². The first kappa shape index (κ1) is 21.7. The Labute approximate surface area is 175 Å². The van der Waals surface area contributed by atoms with Crippen molar-refractivity contribution in [3.63, 3.8) is 0 Å². The Morgan fingerprint density at radius 1 is 1.10 bits per heavy atom. The predicted molar refractivity (Wildman–Crippen MR) is 115 cm³/mol. The number of piperidine rings is 1. The quantitative estimate of drug-likeness (QED) is 0.680. The molecule has 1 aliphatic carbocycles. The molecule has 1 aromatic carbocycles. The van der Waals surface area contributed by atoms with Gasteiger partial charge in [-0.3, -0.25) is 9.59 Å². The molecule has 1 N–H and O–H groups in total. The minimum absolute atomic E-state index is 0.117. The van der Waals surface area contributed by atoms with Crippen molar-refractivity contribution < 1.29 is 14.3 Å². The Balaban J connectivity index is 1.83. The van der Waals surface area contributed by atoms with Gasteiger partial charge in [-0.2, -0.15) is 0 Å². The topological polar surface area (TPSA) is 58.6 Å². The van der Waals surface area contributed by atoms with Crippen molar-refractivity contribution in [2.45, 2.75) is 83.2 Å². The van der Waals surface area contributed by atoms with E-state index < -0.39 is 0 Å². The van der Waals surface area contributed by atoms with Gasteiger partial charge in [-0.15, -0.1) is 0 Å². The van der Waals surface area contributed by atoms with E-state index in [0.717, 1.165) is 37.0 Å². The number of carbonyl (C=O) groups excluding carboxylic acids is 2. The summed E-state index contributed by atoms with van der Waals surface area (Å²) in [5.41, 5.74) is 1.02. The molecule has 5 heteroatoms. The Hall–Kier alpha value is -2.04. The van der Waals surface area contributed by atoms with Gasteiger partial charge in [-0.1, -0.05) is 51.2 Å². The van der Waals surface area contributed by atoms with E-state index in [1.165, 1.54) is 25.7 Å². The first-order valence-electron chi connectivity index (χ1n) is 11.4. The van der Waals surface area contributed by atoms with Crippen LogP contribution in [0.15, 0.2) is 24.3 Å². The third-order valence-corrected chi connectivity index (χ3v) is 6.45. The Bertz CT molecular complexity index is 665. The van der Waals surface area contributed by atoms with Gasteiger partial charge < -0.3 is 15.0 Å². The van der Waals surface area contributed by atoms with E-state index in [2.05, 4.69) is 12.2 Å². The second-order valence-electron chi connectivity index (χ2n) is 8.50. The summed E-state index contributed by atoms with van der Waals surface area (Å²) in [6.45, 7) is 2.84.